The lowest BCUT2D eigenvalue weighted by atomic mass is 10.2. The predicted octanol–water partition coefficient (Wildman–Crippen LogP) is 2.25. The van der Waals surface area contributed by atoms with Crippen LogP contribution in [0.3, 0.4) is 0 Å². The van der Waals surface area contributed by atoms with Gasteiger partial charge >= 0.3 is 5.69 Å². The fourth-order valence-electron chi connectivity index (χ4n) is 2.46. The molecule has 6 nitrogen and oxygen atoms in total. The Bertz CT molecular complexity index is 1020. The van der Waals surface area contributed by atoms with Crippen molar-refractivity contribution >= 4 is 45.7 Å². The number of nitrogens with one attached hydrogen (secondary N) is 1. The van der Waals surface area contributed by atoms with E-state index in [1.165, 1.54) is 0 Å². The Kier molecular flexibility index (Phi) is 4.52. The lowest BCUT2D eigenvalue weighted by Gasteiger charge is -2.01. The fraction of sp³-hybridized carbons (Fsp3) is 0.118. The first kappa shape index (κ1) is 16.4. The summed E-state index contributed by atoms with van der Waals surface area (Å²) in [5.74, 6) is -0.266. The Labute approximate surface area is 151 Å². The van der Waals surface area contributed by atoms with E-state index < -0.39 is 0 Å². The zero-order chi connectivity index (χ0) is 17.3. The minimum Gasteiger partial charge on any atom is -0.295 e. The first-order chi connectivity index (χ1) is 11.5. The molecule has 0 fully saturated rings. The van der Waals surface area contributed by atoms with Gasteiger partial charge in [0.2, 0.25) is 0 Å². The molecule has 1 aromatic heterocycles. The molecule has 0 radical (unpaired) electrons. The minimum absolute atomic E-state index is 0.0777. The van der Waals surface area contributed by atoms with Crippen LogP contribution in [0, 0.1) is 3.57 Å². The van der Waals surface area contributed by atoms with Gasteiger partial charge in [0.25, 0.3) is 5.91 Å². The highest BCUT2D eigenvalue weighted by Gasteiger charge is 2.07. The van der Waals surface area contributed by atoms with Crippen molar-refractivity contribution in [3.63, 3.8) is 0 Å². The van der Waals surface area contributed by atoms with Gasteiger partial charge in [-0.2, -0.15) is 5.10 Å². The quantitative estimate of drug-likeness (QED) is 0.391. The SMILES string of the molecule is Cn1c(=O)n(C)c2cc(/C=N\NC(=O)c3cccc(I)c3)ccc21. The average Bonchev–Trinajstić information content (AvgIpc) is 2.79. The summed E-state index contributed by atoms with van der Waals surface area (Å²) in [6.07, 6.45) is 1.56. The van der Waals surface area contributed by atoms with E-state index in [1.54, 1.807) is 41.6 Å². The summed E-state index contributed by atoms with van der Waals surface area (Å²) in [7, 11) is 3.46. The van der Waals surface area contributed by atoms with Crippen molar-refractivity contribution in [2.45, 2.75) is 0 Å². The molecule has 7 heteroatoms. The number of rotatable bonds is 3. The third kappa shape index (κ3) is 3.12. The molecule has 0 aliphatic carbocycles. The van der Waals surface area contributed by atoms with E-state index in [9.17, 15) is 9.59 Å². The van der Waals surface area contributed by atoms with Crippen LogP contribution in [0.15, 0.2) is 52.4 Å². The lowest BCUT2D eigenvalue weighted by molar-refractivity contribution is 0.0955. The molecule has 3 aromatic rings. The number of aromatic nitrogens is 2. The van der Waals surface area contributed by atoms with Gasteiger partial charge in [0.15, 0.2) is 0 Å². The van der Waals surface area contributed by atoms with E-state index in [-0.39, 0.29) is 11.6 Å². The van der Waals surface area contributed by atoms with Gasteiger partial charge in [-0.15, -0.1) is 0 Å². The molecule has 122 valence electrons. The Balaban J connectivity index is 1.80. The second-order valence-electron chi connectivity index (χ2n) is 5.36. The number of hydrazone groups is 1. The molecule has 0 spiro atoms. The van der Waals surface area contributed by atoms with E-state index in [0.29, 0.717) is 5.56 Å². The summed E-state index contributed by atoms with van der Waals surface area (Å²) >= 11 is 2.15. The maximum atomic E-state index is 12.0. The van der Waals surface area contributed by atoms with Crippen molar-refractivity contribution in [2.75, 3.05) is 0 Å². The maximum absolute atomic E-state index is 12.0. The Morgan fingerprint density at radius 1 is 1.12 bits per heavy atom. The highest BCUT2D eigenvalue weighted by atomic mass is 127. The van der Waals surface area contributed by atoms with Gasteiger partial charge in [0.05, 0.1) is 17.2 Å². The standard InChI is InChI=1S/C17H15IN4O2/c1-21-14-7-6-11(8-15(14)22(2)17(21)24)10-19-20-16(23)12-4-3-5-13(18)9-12/h3-10H,1-2H3,(H,20,23)/b19-10-. The van der Waals surface area contributed by atoms with Gasteiger partial charge < -0.3 is 0 Å². The normalized spacial score (nSPS) is 11.3. The van der Waals surface area contributed by atoms with Crippen LogP contribution >= 0.6 is 22.6 Å². The van der Waals surface area contributed by atoms with Crippen LogP contribution in [0.1, 0.15) is 15.9 Å². The van der Waals surface area contributed by atoms with E-state index in [4.69, 9.17) is 0 Å². The number of nitrogens with zero attached hydrogens (tertiary/aromatic N) is 3. The van der Waals surface area contributed by atoms with E-state index >= 15 is 0 Å². The maximum Gasteiger partial charge on any atom is 0.328 e. The van der Waals surface area contributed by atoms with Crippen LogP contribution in [-0.4, -0.2) is 21.3 Å². The number of fused-ring (bicyclic) bond motifs is 1. The molecule has 0 aliphatic heterocycles. The number of hydrogen-bond acceptors (Lipinski definition) is 3. The zero-order valence-electron chi connectivity index (χ0n) is 13.2. The number of hydrogen-bond donors (Lipinski definition) is 1. The van der Waals surface area contributed by atoms with Crippen molar-refractivity contribution in [1.82, 2.24) is 14.6 Å². The first-order valence-electron chi connectivity index (χ1n) is 7.22. The van der Waals surface area contributed by atoms with Crippen LogP contribution in [0.5, 0.6) is 0 Å². The fourth-order valence-corrected chi connectivity index (χ4v) is 3.01. The summed E-state index contributed by atoms with van der Waals surface area (Å²) in [6.45, 7) is 0. The average molecular weight is 434 g/mol. The highest BCUT2D eigenvalue weighted by molar-refractivity contribution is 14.1. The molecule has 2 aromatic carbocycles. The van der Waals surface area contributed by atoms with Gasteiger partial charge in [0.1, 0.15) is 0 Å². The van der Waals surface area contributed by atoms with Crippen molar-refractivity contribution in [1.29, 1.82) is 0 Å². The van der Waals surface area contributed by atoms with Gasteiger partial charge in [-0.05, 0) is 58.5 Å². The summed E-state index contributed by atoms with van der Waals surface area (Å²) in [5, 5.41) is 3.99. The topological polar surface area (TPSA) is 68.4 Å². The molecule has 1 heterocycles. The molecule has 3 rings (SSSR count). The highest BCUT2D eigenvalue weighted by Crippen LogP contribution is 2.13. The second kappa shape index (κ2) is 6.60. The Hall–Kier alpha value is -2.42. The molecule has 0 saturated heterocycles. The van der Waals surface area contributed by atoms with E-state index in [1.807, 2.05) is 30.3 Å². The van der Waals surface area contributed by atoms with Crippen molar-refractivity contribution < 1.29 is 4.79 Å². The van der Waals surface area contributed by atoms with Crippen LogP contribution in [-0.2, 0) is 14.1 Å². The number of benzene rings is 2. The number of aryl methyl sites for hydroxylation is 2. The lowest BCUT2D eigenvalue weighted by Crippen LogP contribution is -2.19. The first-order valence-corrected chi connectivity index (χ1v) is 8.29. The van der Waals surface area contributed by atoms with E-state index in [0.717, 1.165) is 20.2 Å². The number of halogens is 1. The molecule has 0 aliphatic rings. The number of carbonyl (C=O) groups is 1. The summed E-state index contributed by atoms with van der Waals surface area (Å²) < 4.78 is 4.16. The largest absolute Gasteiger partial charge is 0.328 e. The van der Waals surface area contributed by atoms with Crippen LogP contribution in [0.4, 0.5) is 0 Å². The van der Waals surface area contributed by atoms with Gasteiger partial charge in [-0.3, -0.25) is 13.9 Å². The van der Waals surface area contributed by atoms with Crippen LogP contribution in [0.25, 0.3) is 11.0 Å². The van der Waals surface area contributed by atoms with Crippen molar-refractivity contribution in [2.24, 2.45) is 19.2 Å². The molecular weight excluding hydrogens is 419 g/mol. The number of amides is 1. The minimum atomic E-state index is -0.266. The second-order valence-corrected chi connectivity index (χ2v) is 6.60. The third-order valence-electron chi connectivity index (χ3n) is 3.76. The zero-order valence-corrected chi connectivity index (χ0v) is 15.3. The smallest absolute Gasteiger partial charge is 0.295 e. The van der Waals surface area contributed by atoms with Gasteiger partial charge in [-0.25, -0.2) is 10.2 Å². The summed E-state index contributed by atoms with van der Waals surface area (Å²) in [5.41, 5.74) is 5.45. The molecular formula is C17H15IN4O2. The van der Waals surface area contributed by atoms with Crippen LogP contribution < -0.4 is 11.1 Å². The van der Waals surface area contributed by atoms with Crippen LogP contribution in [0.2, 0.25) is 0 Å². The molecule has 1 amide bonds. The Morgan fingerprint density at radius 2 is 1.88 bits per heavy atom. The molecule has 24 heavy (non-hydrogen) atoms. The Morgan fingerprint density at radius 3 is 2.62 bits per heavy atom. The summed E-state index contributed by atoms with van der Waals surface area (Å²) in [6, 6.07) is 12.8. The molecule has 1 N–H and O–H groups in total. The molecule has 0 bridgehead atoms. The summed E-state index contributed by atoms with van der Waals surface area (Å²) in [4.78, 5) is 23.9. The predicted molar refractivity (Wildman–Crippen MR) is 102 cm³/mol. The van der Waals surface area contributed by atoms with Gasteiger partial charge in [0, 0.05) is 23.2 Å². The third-order valence-corrected chi connectivity index (χ3v) is 4.43. The number of carbonyl (C=O) groups excluding carboxylic acids is 1. The van der Waals surface area contributed by atoms with Gasteiger partial charge in [-0.1, -0.05) is 12.1 Å². The molecule has 0 atom stereocenters. The van der Waals surface area contributed by atoms with E-state index in [2.05, 4.69) is 33.1 Å². The monoisotopic (exact) mass is 434 g/mol. The van der Waals surface area contributed by atoms with Crippen molar-refractivity contribution in [3.8, 4) is 0 Å². The van der Waals surface area contributed by atoms with Crippen molar-refractivity contribution in [3.05, 3.63) is 67.6 Å². The number of imidazole rings is 1. The molecule has 0 unspecified atom stereocenters. The molecule has 0 saturated carbocycles.